The smallest absolute Gasteiger partial charge is 0.139 e. The van der Waals surface area contributed by atoms with Gasteiger partial charge in [-0.2, -0.15) is 5.26 Å². The summed E-state index contributed by atoms with van der Waals surface area (Å²) in [6.45, 7) is 0. The lowest BCUT2D eigenvalue weighted by Gasteiger charge is -2.21. The zero-order chi connectivity index (χ0) is 12.8. The van der Waals surface area contributed by atoms with E-state index in [1.807, 2.05) is 42.5 Å². The summed E-state index contributed by atoms with van der Waals surface area (Å²) in [6, 6.07) is 15.5. The van der Waals surface area contributed by atoms with Crippen LogP contribution in [0, 0.1) is 11.3 Å². The summed E-state index contributed by atoms with van der Waals surface area (Å²) in [7, 11) is 0. The standard InChI is InChI=1S/C14H13N3S/c15-10-14(16,12-4-2-1-3-5-12)11-18-13-6-8-17-9-7-13/h1-9H,11,16H2. The minimum atomic E-state index is -0.963. The number of pyridine rings is 1. The van der Waals surface area contributed by atoms with E-state index in [1.165, 1.54) is 0 Å². The van der Waals surface area contributed by atoms with E-state index in [1.54, 1.807) is 24.2 Å². The summed E-state index contributed by atoms with van der Waals surface area (Å²) in [4.78, 5) is 5.02. The maximum absolute atomic E-state index is 9.32. The average Bonchev–Trinajstić information content (AvgIpc) is 2.47. The Kier molecular flexibility index (Phi) is 3.98. The summed E-state index contributed by atoms with van der Waals surface area (Å²) in [5, 5.41) is 9.32. The molecule has 0 saturated carbocycles. The monoisotopic (exact) mass is 255 g/mol. The Morgan fingerprint density at radius 3 is 2.44 bits per heavy atom. The number of thioether (sulfide) groups is 1. The molecule has 0 aliphatic heterocycles. The maximum Gasteiger partial charge on any atom is 0.139 e. The van der Waals surface area contributed by atoms with Crippen molar-refractivity contribution in [1.29, 1.82) is 5.26 Å². The van der Waals surface area contributed by atoms with Gasteiger partial charge in [0.05, 0.1) is 6.07 Å². The quantitative estimate of drug-likeness (QED) is 0.853. The molecule has 2 rings (SSSR count). The van der Waals surface area contributed by atoms with Crippen LogP contribution < -0.4 is 5.73 Å². The van der Waals surface area contributed by atoms with Crippen molar-refractivity contribution in [1.82, 2.24) is 4.98 Å². The molecule has 0 radical (unpaired) electrons. The first-order valence-electron chi connectivity index (χ1n) is 5.53. The molecule has 1 aromatic carbocycles. The van der Waals surface area contributed by atoms with Gasteiger partial charge in [0.1, 0.15) is 5.54 Å². The molecule has 0 aliphatic carbocycles. The zero-order valence-corrected chi connectivity index (χ0v) is 10.6. The van der Waals surface area contributed by atoms with Crippen LogP contribution in [0.15, 0.2) is 59.8 Å². The number of hydrogen-bond acceptors (Lipinski definition) is 4. The molecule has 0 amide bonds. The van der Waals surface area contributed by atoms with Crippen LogP contribution in [0.1, 0.15) is 5.56 Å². The van der Waals surface area contributed by atoms with Crippen molar-refractivity contribution in [3.05, 3.63) is 60.4 Å². The van der Waals surface area contributed by atoms with E-state index in [0.29, 0.717) is 5.75 Å². The Balaban J connectivity index is 2.13. The third kappa shape index (κ3) is 2.89. The van der Waals surface area contributed by atoms with Crippen molar-refractivity contribution in [3.63, 3.8) is 0 Å². The number of nitrogens with zero attached hydrogens (tertiary/aromatic N) is 2. The molecular weight excluding hydrogens is 242 g/mol. The Bertz CT molecular complexity index is 536. The van der Waals surface area contributed by atoms with Crippen LogP contribution in [0.4, 0.5) is 0 Å². The largest absolute Gasteiger partial charge is 0.309 e. The molecule has 0 spiro atoms. The van der Waals surface area contributed by atoms with Crippen LogP contribution in [-0.4, -0.2) is 10.7 Å². The molecule has 90 valence electrons. The highest BCUT2D eigenvalue weighted by Crippen LogP contribution is 2.26. The van der Waals surface area contributed by atoms with E-state index in [4.69, 9.17) is 5.73 Å². The molecule has 2 N–H and O–H groups in total. The lowest BCUT2D eigenvalue weighted by molar-refractivity contribution is 0.659. The van der Waals surface area contributed by atoms with E-state index in [0.717, 1.165) is 10.5 Å². The molecular formula is C14H13N3S. The van der Waals surface area contributed by atoms with Gasteiger partial charge in [-0.25, -0.2) is 0 Å². The third-order valence-corrected chi connectivity index (χ3v) is 3.81. The van der Waals surface area contributed by atoms with Crippen LogP contribution in [0.5, 0.6) is 0 Å². The fourth-order valence-electron chi connectivity index (χ4n) is 1.55. The Hall–Kier alpha value is -1.83. The van der Waals surface area contributed by atoms with E-state index >= 15 is 0 Å². The lowest BCUT2D eigenvalue weighted by Crippen LogP contribution is -2.37. The van der Waals surface area contributed by atoms with Crippen LogP contribution in [0.3, 0.4) is 0 Å². The number of hydrogen-bond donors (Lipinski definition) is 1. The highest BCUT2D eigenvalue weighted by molar-refractivity contribution is 7.99. The fourth-order valence-corrected chi connectivity index (χ4v) is 2.49. The molecule has 0 saturated heterocycles. The molecule has 1 unspecified atom stereocenters. The summed E-state index contributed by atoms with van der Waals surface area (Å²) in [5.74, 6) is 0.511. The van der Waals surface area contributed by atoms with Gasteiger partial charge < -0.3 is 5.73 Å². The van der Waals surface area contributed by atoms with Crippen LogP contribution in [0.25, 0.3) is 0 Å². The highest BCUT2D eigenvalue weighted by atomic mass is 32.2. The first-order chi connectivity index (χ1) is 8.74. The topological polar surface area (TPSA) is 62.7 Å². The van der Waals surface area contributed by atoms with E-state index < -0.39 is 5.54 Å². The number of aromatic nitrogens is 1. The summed E-state index contributed by atoms with van der Waals surface area (Å²) >= 11 is 1.56. The molecule has 1 aromatic heterocycles. The molecule has 3 nitrogen and oxygen atoms in total. The minimum absolute atomic E-state index is 0.511. The van der Waals surface area contributed by atoms with Crippen molar-refractivity contribution >= 4 is 11.8 Å². The molecule has 1 atom stereocenters. The van der Waals surface area contributed by atoms with Crippen molar-refractivity contribution in [2.75, 3.05) is 5.75 Å². The number of rotatable bonds is 4. The predicted molar refractivity (Wildman–Crippen MR) is 72.9 cm³/mol. The molecule has 18 heavy (non-hydrogen) atoms. The fraction of sp³-hybridized carbons (Fsp3) is 0.143. The molecule has 0 fully saturated rings. The van der Waals surface area contributed by atoms with Gasteiger partial charge in [0.2, 0.25) is 0 Å². The van der Waals surface area contributed by atoms with Gasteiger partial charge in [0, 0.05) is 23.0 Å². The number of nitrogens with two attached hydrogens (primary N) is 1. The van der Waals surface area contributed by atoms with Gasteiger partial charge in [0.25, 0.3) is 0 Å². The average molecular weight is 255 g/mol. The number of nitriles is 1. The molecule has 4 heteroatoms. The van der Waals surface area contributed by atoms with Gasteiger partial charge in [-0.05, 0) is 17.7 Å². The normalized spacial score (nSPS) is 13.6. The lowest BCUT2D eigenvalue weighted by atomic mass is 9.95. The van der Waals surface area contributed by atoms with Gasteiger partial charge in [-0.3, -0.25) is 4.98 Å². The van der Waals surface area contributed by atoms with Gasteiger partial charge >= 0.3 is 0 Å². The van der Waals surface area contributed by atoms with Gasteiger partial charge in [0.15, 0.2) is 0 Å². The molecule has 0 aliphatic rings. The first kappa shape index (κ1) is 12.6. The van der Waals surface area contributed by atoms with Crippen LogP contribution in [0.2, 0.25) is 0 Å². The summed E-state index contributed by atoms with van der Waals surface area (Å²) < 4.78 is 0. The summed E-state index contributed by atoms with van der Waals surface area (Å²) in [5.41, 5.74) is 6.05. The Morgan fingerprint density at radius 2 is 1.83 bits per heavy atom. The second-order valence-electron chi connectivity index (χ2n) is 3.92. The van der Waals surface area contributed by atoms with E-state index in [9.17, 15) is 5.26 Å². The summed E-state index contributed by atoms with van der Waals surface area (Å²) in [6.07, 6.45) is 3.46. The van der Waals surface area contributed by atoms with Crippen LogP contribution in [-0.2, 0) is 5.54 Å². The minimum Gasteiger partial charge on any atom is -0.309 e. The van der Waals surface area contributed by atoms with Crippen LogP contribution >= 0.6 is 11.8 Å². The molecule has 1 heterocycles. The van der Waals surface area contributed by atoms with E-state index in [2.05, 4.69) is 11.1 Å². The highest BCUT2D eigenvalue weighted by Gasteiger charge is 2.27. The second-order valence-corrected chi connectivity index (χ2v) is 4.97. The van der Waals surface area contributed by atoms with Gasteiger partial charge in [-0.1, -0.05) is 30.3 Å². The van der Waals surface area contributed by atoms with Crippen molar-refractivity contribution in [2.45, 2.75) is 10.4 Å². The molecule has 0 bridgehead atoms. The number of benzene rings is 1. The Morgan fingerprint density at radius 1 is 1.17 bits per heavy atom. The van der Waals surface area contributed by atoms with Crippen molar-refractivity contribution in [3.8, 4) is 6.07 Å². The van der Waals surface area contributed by atoms with Crippen molar-refractivity contribution < 1.29 is 0 Å². The third-order valence-electron chi connectivity index (χ3n) is 2.60. The second kappa shape index (κ2) is 5.67. The first-order valence-corrected chi connectivity index (χ1v) is 6.52. The predicted octanol–water partition coefficient (Wildman–Crippen LogP) is 2.55. The maximum atomic E-state index is 9.32. The van der Waals surface area contributed by atoms with Crippen molar-refractivity contribution in [2.24, 2.45) is 5.73 Å². The SMILES string of the molecule is N#CC(N)(CSc1ccncc1)c1ccccc1. The van der Waals surface area contributed by atoms with Gasteiger partial charge in [-0.15, -0.1) is 11.8 Å². The van der Waals surface area contributed by atoms with E-state index in [-0.39, 0.29) is 0 Å². The zero-order valence-electron chi connectivity index (χ0n) is 9.78. The Labute approximate surface area is 111 Å². The molecule has 2 aromatic rings.